The minimum Gasteiger partial charge on any atom is -0.507 e. The van der Waals surface area contributed by atoms with E-state index in [0.29, 0.717) is 28.4 Å². The standard InChI is InChI=1S/C26H22Cl2N2O3/c27-18-4-1-3-17(13-18)14-24-25(32)21-7-8-23(31)22(26(21)33-24)16-29-9-11-30(12-10-29)20-6-2-5-19(28)15-20/h1-8,13-15,31H,9-12,16H2/b24-14-. The van der Waals surface area contributed by atoms with Crippen molar-refractivity contribution in [3.05, 3.63) is 93.2 Å². The van der Waals surface area contributed by atoms with Gasteiger partial charge in [0.2, 0.25) is 5.78 Å². The van der Waals surface area contributed by atoms with E-state index in [1.165, 1.54) is 0 Å². The van der Waals surface area contributed by atoms with Gasteiger partial charge in [0, 0.05) is 48.5 Å². The number of aromatic hydroxyl groups is 1. The van der Waals surface area contributed by atoms with E-state index in [9.17, 15) is 9.90 Å². The van der Waals surface area contributed by atoms with Crippen molar-refractivity contribution in [1.29, 1.82) is 0 Å². The fraction of sp³-hybridized carbons (Fsp3) is 0.192. The molecule has 0 atom stereocenters. The second-order valence-electron chi connectivity index (χ2n) is 8.18. The summed E-state index contributed by atoms with van der Waals surface area (Å²) < 4.78 is 5.98. The molecule has 0 unspecified atom stereocenters. The molecule has 0 aliphatic carbocycles. The van der Waals surface area contributed by atoms with Gasteiger partial charge in [-0.1, -0.05) is 41.4 Å². The summed E-state index contributed by atoms with van der Waals surface area (Å²) in [5.74, 6) is 0.593. The maximum Gasteiger partial charge on any atom is 0.231 e. The molecule has 3 aromatic carbocycles. The molecule has 0 aromatic heterocycles. The Hall–Kier alpha value is -2.99. The quantitative estimate of drug-likeness (QED) is 0.489. The number of Topliss-reactive ketones (excluding diaryl/α,β-unsaturated/α-hetero) is 1. The lowest BCUT2D eigenvalue weighted by atomic mass is 10.0. The van der Waals surface area contributed by atoms with Crippen LogP contribution < -0.4 is 9.64 Å². The molecule has 2 aliphatic heterocycles. The van der Waals surface area contributed by atoms with Crippen LogP contribution in [0.4, 0.5) is 5.69 Å². The number of fused-ring (bicyclic) bond motifs is 1. The van der Waals surface area contributed by atoms with Gasteiger partial charge in [0.25, 0.3) is 0 Å². The van der Waals surface area contributed by atoms with Gasteiger partial charge in [0.1, 0.15) is 11.5 Å². The van der Waals surface area contributed by atoms with Gasteiger partial charge in [0.05, 0.1) is 11.1 Å². The first-order chi connectivity index (χ1) is 16.0. The molecule has 0 spiro atoms. The third-order valence-corrected chi connectivity index (χ3v) is 6.46. The zero-order chi connectivity index (χ0) is 22.9. The van der Waals surface area contributed by atoms with Crippen molar-refractivity contribution in [1.82, 2.24) is 4.90 Å². The number of ketones is 1. The SMILES string of the molecule is O=C1/C(=C/c2cccc(Cl)c2)Oc2c1ccc(O)c2CN1CCN(c2cccc(Cl)c2)CC1. The molecule has 5 rings (SSSR count). The normalized spacial score (nSPS) is 17.3. The predicted octanol–water partition coefficient (Wildman–Crippen LogP) is 5.64. The van der Waals surface area contributed by atoms with E-state index in [0.717, 1.165) is 42.5 Å². The average Bonchev–Trinajstić information content (AvgIpc) is 3.11. The van der Waals surface area contributed by atoms with Crippen molar-refractivity contribution in [2.24, 2.45) is 0 Å². The van der Waals surface area contributed by atoms with Crippen molar-refractivity contribution in [2.75, 3.05) is 31.1 Å². The summed E-state index contributed by atoms with van der Waals surface area (Å²) in [7, 11) is 0. The largest absolute Gasteiger partial charge is 0.507 e. The molecule has 3 aromatic rings. The van der Waals surface area contributed by atoms with E-state index < -0.39 is 0 Å². The topological polar surface area (TPSA) is 53.0 Å². The fourth-order valence-corrected chi connectivity index (χ4v) is 4.64. The van der Waals surface area contributed by atoms with Crippen LogP contribution in [0.25, 0.3) is 6.08 Å². The highest BCUT2D eigenvalue weighted by atomic mass is 35.5. The number of benzene rings is 3. The number of carbonyl (C=O) groups is 1. The Morgan fingerprint density at radius 3 is 2.39 bits per heavy atom. The van der Waals surface area contributed by atoms with Crippen LogP contribution in [0.1, 0.15) is 21.5 Å². The number of carbonyl (C=O) groups excluding carboxylic acids is 1. The van der Waals surface area contributed by atoms with Crippen molar-refractivity contribution < 1.29 is 14.6 Å². The van der Waals surface area contributed by atoms with Crippen LogP contribution in [0.3, 0.4) is 0 Å². The molecule has 7 heteroatoms. The Bertz CT molecular complexity index is 1250. The number of nitrogens with zero attached hydrogens (tertiary/aromatic N) is 2. The van der Waals surface area contributed by atoms with Crippen molar-refractivity contribution >= 4 is 40.7 Å². The summed E-state index contributed by atoms with van der Waals surface area (Å²) in [6.45, 7) is 3.81. The molecular formula is C26H22Cl2N2O3. The van der Waals surface area contributed by atoms with Gasteiger partial charge >= 0.3 is 0 Å². The summed E-state index contributed by atoms with van der Waals surface area (Å²) in [6, 6.07) is 18.3. The minimum atomic E-state index is -0.197. The van der Waals surface area contributed by atoms with Crippen LogP contribution in [0.15, 0.2) is 66.4 Å². The smallest absolute Gasteiger partial charge is 0.231 e. The average molecular weight is 481 g/mol. The molecule has 5 nitrogen and oxygen atoms in total. The first-order valence-electron chi connectivity index (χ1n) is 10.8. The van der Waals surface area contributed by atoms with Crippen LogP contribution in [0, 0.1) is 0 Å². The lowest BCUT2D eigenvalue weighted by Crippen LogP contribution is -2.46. The van der Waals surface area contributed by atoms with E-state index in [1.807, 2.05) is 30.3 Å². The summed E-state index contributed by atoms with van der Waals surface area (Å²) in [5.41, 5.74) is 2.98. The first-order valence-corrected chi connectivity index (χ1v) is 11.5. The Labute approximate surface area is 202 Å². The highest BCUT2D eigenvalue weighted by Gasteiger charge is 2.32. The Balaban J connectivity index is 1.33. The zero-order valence-corrected chi connectivity index (χ0v) is 19.3. The summed E-state index contributed by atoms with van der Waals surface area (Å²) in [6.07, 6.45) is 1.68. The molecule has 2 heterocycles. The second kappa shape index (κ2) is 9.10. The third kappa shape index (κ3) is 4.58. The number of anilines is 1. The Kier molecular flexibility index (Phi) is 6.02. The number of phenols is 1. The van der Waals surface area contributed by atoms with Gasteiger partial charge < -0.3 is 14.7 Å². The Morgan fingerprint density at radius 1 is 0.939 bits per heavy atom. The van der Waals surface area contributed by atoms with E-state index in [2.05, 4.69) is 15.9 Å². The van der Waals surface area contributed by atoms with Gasteiger partial charge in [-0.25, -0.2) is 0 Å². The van der Waals surface area contributed by atoms with E-state index in [1.54, 1.807) is 30.3 Å². The molecular weight excluding hydrogens is 459 g/mol. The van der Waals surface area contributed by atoms with Crippen molar-refractivity contribution in [3.8, 4) is 11.5 Å². The number of allylic oxidation sites excluding steroid dienone is 1. The number of halogens is 2. The van der Waals surface area contributed by atoms with Crippen LogP contribution in [-0.4, -0.2) is 42.0 Å². The molecule has 0 radical (unpaired) electrons. The van der Waals surface area contributed by atoms with Gasteiger partial charge in [-0.2, -0.15) is 0 Å². The number of hydrogen-bond donors (Lipinski definition) is 1. The minimum absolute atomic E-state index is 0.128. The van der Waals surface area contributed by atoms with Gasteiger partial charge in [-0.3, -0.25) is 9.69 Å². The first kappa shape index (κ1) is 21.8. The second-order valence-corrected chi connectivity index (χ2v) is 9.05. The third-order valence-electron chi connectivity index (χ3n) is 5.99. The number of hydrogen-bond acceptors (Lipinski definition) is 5. The molecule has 1 N–H and O–H groups in total. The highest BCUT2D eigenvalue weighted by Crippen LogP contribution is 2.40. The molecule has 0 bridgehead atoms. The fourth-order valence-electron chi connectivity index (χ4n) is 4.26. The number of rotatable bonds is 4. The monoisotopic (exact) mass is 480 g/mol. The van der Waals surface area contributed by atoms with Crippen molar-refractivity contribution in [2.45, 2.75) is 6.54 Å². The van der Waals surface area contributed by atoms with Gasteiger partial charge in [-0.05, 0) is 54.1 Å². The lowest BCUT2D eigenvalue weighted by Gasteiger charge is -2.36. The van der Waals surface area contributed by atoms with E-state index >= 15 is 0 Å². The molecule has 33 heavy (non-hydrogen) atoms. The van der Waals surface area contributed by atoms with E-state index in [-0.39, 0.29) is 17.3 Å². The molecule has 2 aliphatic rings. The maximum atomic E-state index is 12.9. The zero-order valence-electron chi connectivity index (χ0n) is 17.8. The van der Waals surface area contributed by atoms with Crippen LogP contribution in [0.2, 0.25) is 10.0 Å². The molecule has 1 saturated heterocycles. The number of piperazine rings is 1. The van der Waals surface area contributed by atoms with Crippen LogP contribution in [0.5, 0.6) is 11.5 Å². The highest BCUT2D eigenvalue weighted by molar-refractivity contribution is 6.31. The summed E-state index contributed by atoms with van der Waals surface area (Å²) >= 11 is 12.2. The Morgan fingerprint density at radius 2 is 1.67 bits per heavy atom. The maximum absolute atomic E-state index is 12.9. The molecule has 0 amide bonds. The van der Waals surface area contributed by atoms with Gasteiger partial charge in [-0.15, -0.1) is 0 Å². The lowest BCUT2D eigenvalue weighted by molar-refractivity contribution is 0.101. The van der Waals surface area contributed by atoms with Gasteiger partial charge in [0.15, 0.2) is 5.76 Å². The van der Waals surface area contributed by atoms with E-state index in [4.69, 9.17) is 27.9 Å². The predicted molar refractivity (Wildman–Crippen MR) is 131 cm³/mol. The van der Waals surface area contributed by atoms with Crippen LogP contribution in [-0.2, 0) is 6.54 Å². The summed E-state index contributed by atoms with van der Waals surface area (Å²) in [5, 5.41) is 11.9. The number of phenolic OH excluding ortho intramolecular Hbond substituents is 1. The number of ether oxygens (including phenoxy) is 1. The van der Waals surface area contributed by atoms with Crippen molar-refractivity contribution in [3.63, 3.8) is 0 Å². The van der Waals surface area contributed by atoms with Crippen LogP contribution >= 0.6 is 23.2 Å². The molecule has 0 saturated carbocycles. The molecule has 168 valence electrons. The summed E-state index contributed by atoms with van der Waals surface area (Å²) in [4.78, 5) is 17.5. The molecule has 1 fully saturated rings.